The van der Waals surface area contributed by atoms with Crippen molar-refractivity contribution in [2.24, 2.45) is 0 Å². The molecule has 0 saturated heterocycles. The van der Waals surface area contributed by atoms with E-state index in [4.69, 9.17) is 11.6 Å². The maximum absolute atomic E-state index is 6.05. The van der Waals surface area contributed by atoms with Crippen molar-refractivity contribution in [3.63, 3.8) is 0 Å². The molecule has 1 aromatic rings. The average molecular weight is 255 g/mol. The third kappa shape index (κ3) is 6.04. The van der Waals surface area contributed by atoms with Crippen LogP contribution in [0.3, 0.4) is 0 Å². The molecular weight excluding hydrogens is 232 g/mol. The Bertz CT molecular complexity index is 315. The van der Waals surface area contributed by atoms with Crippen molar-refractivity contribution >= 4 is 11.6 Å². The lowest BCUT2D eigenvalue weighted by molar-refractivity contribution is 0.482. The Morgan fingerprint density at radius 3 is 2.88 bits per heavy atom. The quantitative estimate of drug-likeness (QED) is 0.704. The average Bonchev–Trinajstić information content (AvgIpc) is 2.34. The Labute approximate surface area is 110 Å². The molecule has 1 aromatic heterocycles. The Morgan fingerprint density at radius 1 is 1.35 bits per heavy atom. The monoisotopic (exact) mass is 254 g/mol. The molecule has 17 heavy (non-hydrogen) atoms. The molecule has 96 valence electrons. The second kappa shape index (κ2) is 8.48. The van der Waals surface area contributed by atoms with Crippen LogP contribution < -0.4 is 5.32 Å². The molecule has 0 amide bonds. The number of aromatic nitrogens is 1. The molecule has 1 unspecified atom stereocenters. The van der Waals surface area contributed by atoms with E-state index in [0.29, 0.717) is 6.04 Å². The topological polar surface area (TPSA) is 24.9 Å². The molecule has 0 saturated carbocycles. The molecule has 0 aromatic carbocycles. The Kier molecular flexibility index (Phi) is 7.22. The zero-order valence-corrected chi connectivity index (χ0v) is 11.6. The van der Waals surface area contributed by atoms with Crippen LogP contribution in [0.15, 0.2) is 18.5 Å². The highest BCUT2D eigenvalue weighted by Gasteiger charge is 2.03. The summed E-state index contributed by atoms with van der Waals surface area (Å²) < 4.78 is 0. The highest BCUT2D eigenvalue weighted by molar-refractivity contribution is 6.31. The van der Waals surface area contributed by atoms with Gasteiger partial charge in [-0.3, -0.25) is 4.98 Å². The molecule has 0 bridgehead atoms. The number of unbranched alkanes of at least 4 members (excludes halogenated alkanes) is 3. The summed E-state index contributed by atoms with van der Waals surface area (Å²) in [5.74, 6) is 0. The third-order valence-electron chi connectivity index (χ3n) is 2.99. The number of rotatable bonds is 8. The van der Waals surface area contributed by atoms with E-state index in [1.807, 2.05) is 6.07 Å². The summed E-state index contributed by atoms with van der Waals surface area (Å²) in [5, 5.41) is 4.25. The minimum absolute atomic E-state index is 0.552. The van der Waals surface area contributed by atoms with Gasteiger partial charge in [-0.25, -0.2) is 0 Å². The molecule has 3 heteroatoms. The molecule has 0 fully saturated rings. The number of halogens is 1. The van der Waals surface area contributed by atoms with E-state index in [0.717, 1.165) is 17.1 Å². The highest BCUT2D eigenvalue weighted by Crippen LogP contribution is 2.13. The van der Waals surface area contributed by atoms with Gasteiger partial charge < -0.3 is 5.32 Å². The lowest BCUT2D eigenvalue weighted by Gasteiger charge is -2.14. The first kappa shape index (κ1) is 14.5. The summed E-state index contributed by atoms with van der Waals surface area (Å²) in [4.78, 5) is 3.98. The van der Waals surface area contributed by atoms with Crippen LogP contribution in [0.5, 0.6) is 0 Å². The van der Waals surface area contributed by atoms with E-state index in [9.17, 15) is 0 Å². The van der Waals surface area contributed by atoms with Crippen LogP contribution in [-0.2, 0) is 6.54 Å². The maximum atomic E-state index is 6.05. The summed E-state index contributed by atoms with van der Waals surface area (Å²) in [6.07, 6.45) is 10.0. The molecule has 0 aliphatic rings. The number of nitrogens with one attached hydrogen (secondary N) is 1. The first-order chi connectivity index (χ1) is 8.24. The predicted molar refractivity (Wildman–Crippen MR) is 74.3 cm³/mol. The van der Waals surface area contributed by atoms with Gasteiger partial charge in [0.1, 0.15) is 0 Å². The van der Waals surface area contributed by atoms with Crippen LogP contribution in [0.4, 0.5) is 0 Å². The van der Waals surface area contributed by atoms with Crippen LogP contribution in [0.1, 0.15) is 51.5 Å². The van der Waals surface area contributed by atoms with Crippen LogP contribution in [-0.4, -0.2) is 11.0 Å². The van der Waals surface area contributed by atoms with Crippen molar-refractivity contribution in [2.75, 3.05) is 0 Å². The van der Waals surface area contributed by atoms with Crippen molar-refractivity contribution < 1.29 is 0 Å². The number of pyridine rings is 1. The fraction of sp³-hybridized carbons (Fsp3) is 0.643. The second-order valence-electron chi connectivity index (χ2n) is 4.60. The lowest BCUT2D eigenvalue weighted by Crippen LogP contribution is -2.25. The predicted octanol–water partition coefficient (Wildman–Crippen LogP) is 4.18. The normalized spacial score (nSPS) is 12.6. The van der Waals surface area contributed by atoms with Gasteiger partial charge in [-0.15, -0.1) is 0 Å². The second-order valence-corrected chi connectivity index (χ2v) is 5.01. The molecule has 0 spiro atoms. The van der Waals surface area contributed by atoms with Gasteiger partial charge in [0.25, 0.3) is 0 Å². The minimum atomic E-state index is 0.552. The first-order valence-corrected chi connectivity index (χ1v) is 6.93. The van der Waals surface area contributed by atoms with E-state index in [2.05, 4.69) is 24.1 Å². The fourth-order valence-electron chi connectivity index (χ4n) is 1.81. The van der Waals surface area contributed by atoms with Gasteiger partial charge in [0.2, 0.25) is 0 Å². The Morgan fingerprint density at radius 2 is 2.18 bits per heavy atom. The van der Waals surface area contributed by atoms with Crippen molar-refractivity contribution in [1.29, 1.82) is 0 Å². The van der Waals surface area contributed by atoms with Crippen molar-refractivity contribution in [3.05, 3.63) is 29.0 Å². The Balaban J connectivity index is 2.19. The summed E-state index contributed by atoms with van der Waals surface area (Å²) in [6, 6.07) is 2.52. The minimum Gasteiger partial charge on any atom is -0.310 e. The molecule has 0 aliphatic heterocycles. The number of nitrogens with zero attached hydrogens (tertiary/aromatic N) is 1. The summed E-state index contributed by atoms with van der Waals surface area (Å²) >= 11 is 6.05. The van der Waals surface area contributed by atoms with Gasteiger partial charge in [-0.05, 0) is 25.0 Å². The molecule has 1 N–H and O–H groups in total. The number of hydrogen-bond acceptors (Lipinski definition) is 2. The molecular formula is C14H23ClN2. The number of hydrogen-bond donors (Lipinski definition) is 1. The molecule has 0 aliphatic carbocycles. The van der Waals surface area contributed by atoms with Crippen molar-refractivity contribution in [3.8, 4) is 0 Å². The van der Waals surface area contributed by atoms with Gasteiger partial charge in [0.05, 0.1) is 5.02 Å². The summed E-state index contributed by atoms with van der Waals surface area (Å²) in [7, 11) is 0. The van der Waals surface area contributed by atoms with E-state index in [1.165, 1.54) is 32.1 Å². The van der Waals surface area contributed by atoms with E-state index >= 15 is 0 Å². The zero-order chi connectivity index (χ0) is 12.5. The lowest BCUT2D eigenvalue weighted by atomic mass is 10.1. The van der Waals surface area contributed by atoms with Gasteiger partial charge in [0.15, 0.2) is 0 Å². The van der Waals surface area contributed by atoms with Crippen LogP contribution >= 0.6 is 11.6 Å². The molecule has 1 rings (SSSR count). The van der Waals surface area contributed by atoms with E-state index in [1.54, 1.807) is 12.4 Å². The summed E-state index contributed by atoms with van der Waals surface area (Å²) in [6.45, 7) is 5.31. The van der Waals surface area contributed by atoms with Crippen molar-refractivity contribution in [1.82, 2.24) is 10.3 Å². The first-order valence-electron chi connectivity index (χ1n) is 6.55. The van der Waals surface area contributed by atoms with Gasteiger partial charge in [0, 0.05) is 25.0 Å². The van der Waals surface area contributed by atoms with E-state index in [-0.39, 0.29) is 0 Å². The SMILES string of the molecule is CCCCCCC(C)NCc1ccncc1Cl. The molecule has 1 heterocycles. The Hall–Kier alpha value is -0.600. The van der Waals surface area contributed by atoms with Gasteiger partial charge in [-0.1, -0.05) is 44.2 Å². The molecule has 1 atom stereocenters. The van der Waals surface area contributed by atoms with Crippen LogP contribution in [0, 0.1) is 0 Å². The third-order valence-corrected chi connectivity index (χ3v) is 3.33. The summed E-state index contributed by atoms with van der Waals surface area (Å²) in [5.41, 5.74) is 1.13. The molecule has 2 nitrogen and oxygen atoms in total. The van der Waals surface area contributed by atoms with Gasteiger partial charge in [-0.2, -0.15) is 0 Å². The highest BCUT2D eigenvalue weighted by atomic mass is 35.5. The largest absolute Gasteiger partial charge is 0.310 e. The molecule has 0 radical (unpaired) electrons. The van der Waals surface area contributed by atoms with Crippen LogP contribution in [0.2, 0.25) is 5.02 Å². The van der Waals surface area contributed by atoms with Crippen LogP contribution in [0.25, 0.3) is 0 Å². The maximum Gasteiger partial charge on any atom is 0.0634 e. The standard InChI is InChI=1S/C14H23ClN2/c1-3-4-5-6-7-12(2)17-10-13-8-9-16-11-14(13)15/h8-9,11-12,17H,3-7,10H2,1-2H3. The van der Waals surface area contributed by atoms with Gasteiger partial charge >= 0.3 is 0 Å². The zero-order valence-electron chi connectivity index (χ0n) is 10.9. The fourth-order valence-corrected chi connectivity index (χ4v) is 2.00. The smallest absolute Gasteiger partial charge is 0.0634 e. The van der Waals surface area contributed by atoms with E-state index < -0.39 is 0 Å². The van der Waals surface area contributed by atoms with Crippen molar-refractivity contribution in [2.45, 2.75) is 58.5 Å².